The molecule has 3 rings (SSSR count). The van der Waals surface area contributed by atoms with Crippen LogP contribution in [0.15, 0.2) is 29.2 Å². The zero-order valence-corrected chi connectivity index (χ0v) is 15.4. The summed E-state index contributed by atoms with van der Waals surface area (Å²) in [6.07, 6.45) is 0.491. The smallest absolute Gasteiger partial charge is 0.277 e. The van der Waals surface area contributed by atoms with Gasteiger partial charge in [0.25, 0.3) is 15.7 Å². The fraction of sp³-hybridized carbons (Fsp3) is 0.333. The van der Waals surface area contributed by atoms with Crippen molar-refractivity contribution < 1.29 is 17.8 Å². The lowest BCUT2D eigenvalue weighted by molar-refractivity contribution is -0.383. The van der Waals surface area contributed by atoms with Crippen LogP contribution in [0.1, 0.15) is 5.56 Å². The monoisotopic (exact) mass is 366 g/mol. The largest absolute Gasteiger partial charge is 0.417 e. The third-order valence-electron chi connectivity index (χ3n) is 3.82. The van der Waals surface area contributed by atoms with Gasteiger partial charge in [0, 0.05) is 18.1 Å². The maximum atomic E-state index is 12.2. The summed E-state index contributed by atoms with van der Waals surface area (Å²) in [5.41, 5.74) is 1.02. The molecule has 0 spiro atoms. The minimum absolute atomic E-state index is 0.0856. The summed E-state index contributed by atoms with van der Waals surface area (Å²) in [5.74, 6) is 0. The molecule has 1 aliphatic rings. The van der Waals surface area contributed by atoms with Gasteiger partial charge in [-0.15, -0.1) is 0 Å². The van der Waals surface area contributed by atoms with E-state index in [1.165, 1.54) is 18.2 Å². The summed E-state index contributed by atoms with van der Waals surface area (Å²) in [6.45, 7) is 6.66. The second-order valence-electron chi connectivity index (χ2n) is 6.68. The molecule has 128 valence electrons. The minimum Gasteiger partial charge on any atom is -0.417 e. The molecular weight excluding hydrogens is 348 g/mol. The first-order valence-corrected chi connectivity index (χ1v) is 12.4. The number of nitrogens with zero attached hydrogens (tertiary/aromatic N) is 1. The average molecular weight is 366 g/mol. The number of nitro benzene ring substituents is 1. The summed E-state index contributed by atoms with van der Waals surface area (Å²) >= 11 is 0. The molecule has 7 nitrogen and oxygen atoms in total. The SMILES string of the molecule is C[Si](C)(C)OCCc1ccc2c3c(ccc([N+](=O)[O-])c13)NS2(=O)=O. The van der Waals surface area contributed by atoms with Crippen molar-refractivity contribution in [3.63, 3.8) is 0 Å². The number of hydrogen-bond donors (Lipinski definition) is 1. The maximum absolute atomic E-state index is 12.2. The first-order valence-electron chi connectivity index (χ1n) is 7.50. The average Bonchev–Trinajstić information content (AvgIpc) is 2.71. The topological polar surface area (TPSA) is 98.5 Å². The van der Waals surface area contributed by atoms with Gasteiger partial charge in [-0.1, -0.05) is 6.07 Å². The third-order valence-corrected chi connectivity index (χ3v) is 6.30. The molecule has 1 N–H and O–H groups in total. The van der Waals surface area contributed by atoms with Crippen molar-refractivity contribution in [2.24, 2.45) is 0 Å². The number of hydrogen-bond acceptors (Lipinski definition) is 5. The van der Waals surface area contributed by atoms with Crippen LogP contribution in [-0.2, 0) is 20.9 Å². The second-order valence-corrected chi connectivity index (χ2v) is 12.8. The van der Waals surface area contributed by atoms with Gasteiger partial charge in [-0.25, -0.2) is 8.42 Å². The predicted octanol–water partition coefficient (Wildman–Crippen LogP) is 3.26. The Kier molecular flexibility index (Phi) is 3.89. The number of benzene rings is 2. The molecular formula is C15H18N2O5SSi. The van der Waals surface area contributed by atoms with E-state index < -0.39 is 23.3 Å². The van der Waals surface area contributed by atoms with Crippen molar-refractivity contribution in [2.45, 2.75) is 31.0 Å². The van der Waals surface area contributed by atoms with Gasteiger partial charge in [-0.3, -0.25) is 14.8 Å². The number of nitrogens with one attached hydrogen (secondary N) is 1. The normalized spacial score (nSPS) is 15.5. The summed E-state index contributed by atoms with van der Waals surface area (Å²) in [7, 11) is -5.35. The molecule has 0 radical (unpaired) electrons. The van der Waals surface area contributed by atoms with E-state index in [1.54, 1.807) is 6.07 Å². The first kappa shape index (κ1) is 16.9. The Morgan fingerprint density at radius 2 is 1.88 bits per heavy atom. The minimum atomic E-state index is -3.66. The molecule has 2 aromatic rings. The van der Waals surface area contributed by atoms with Crippen LogP contribution in [-0.4, -0.2) is 28.3 Å². The van der Waals surface area contributed by atoms with Crippen LogP contribution in [0.4, 0.5) is 11.4 Å². The second kappa shape index (κ2) is 5.54. The molecule has 0 aromatic heterocycles. The van der Waals surface area contributed by atoms with Crippen molar-refractivity contribution in [3.05, 3.63) is 39.9 Å². The van der Waals surface area contributed by atoms with Gasteiger partial charge in [0.2, 0.25) is 0 Å². The van der Waals surface area contributed by atoms with Gasteiger partial charge in [0.15, 0.2) is 8.32 Å². The van der Waals surface area contributed by atoms with E-state index in [9.17, 15) is 18.5 Å². The van der Waals surface area contributed by atoms with Gasteiger partial charge in [-0.05, 0) is 43.8 Å². The molecule has 0 bridgehead atoms. The molecule has 24 heavy (non-hydrogen) atoms. The Morgan fingerprint density at radius 3 is 2.50 bits per heavy atom. The Bertz CT molecular complexity index is 950. The summed E-state index contributed by atoms with van der Waals surface area (Å²) in [5, 5.41) is 12.2. The van der Waals surface area contributed by atoms with Crippen LogP contribution in [0.2, 0.25) is 19.6 Å². The van der Waals surface area contributed by atoms with Gasteiger partial charge in [0.05, 0.1) is 20.9 Å². The van der Waals surface area contributed by atoms with Crippen LogP contribution in [0.25, 0.3) is 10.8 Å². The molecule has 0 unspecified atom stereocenters. The summed E-state index contributed by atoms with van der Waals surface area (Å²) in [6, 6.07) is 5.94. The van der Waals surface area contributed by atoms with Gasteiger partial charge in [-0.2, -0.15) is 0 Å². The number of nitro groups is 1. The van der Waals surface area contributed by atoms with Crippen LogP contribution in [0.5, 0.6) is 0 Å². The quantitative estimate of drug-likeness (QED) is 0.497. The fourth-order valence-corrected chi connectivity index (χ4v) is 4.86. The molecule has 0 saturated heterocycles. The van der Waals surface area contributed by atoms with Gasteiger partial charge < -0.3 is 4.43 Å². The van der Waals surface area contributed by atoms with E-state index >= 15 is 0 Å². The van der Waals surface area contributed by atoms with Crippen molar-refractivity contribution in [1.82, 2.24) is 0 Å². The van der Waals surface area contributed by atoms with E-state index in [0.29, 0.717) is 29.5 Å². The molecule has 0 amide bonds. The highest BCUT2D eigenvalue weighted by atomic mass is 32.2. The van der Waals surface area contributed by atoms with E-state index in [1.807, 2.05) is 0 Å². The lowest BCUT2D eigenvalue weighted by Gasteiger charge is -2.17. The number of non-ortho nitro benzene ring substituents is 1. The standard InChI is InChI=1S/C15H18N2O5SSi/c1-24(2,3)22-9-8-10-4-7-13-15-11(16-23(13,20)21)5-6-12(14(10)15)17(18)19/h4-7,16H,8-9H2,1-3H3. The predicted molar refractivity (Wildman–Crippen MR) is 94.4 cm³/mol. The van der Waals surface area contributed by atoms with E-state index in [0.717, 1.165) is 5.56 Å². The van der Waals surface area contributed by atoms with Crippen LogP contribution < -0.4 is 4.72 Å². The van der Waals surface area contributed by atoms with Gasteiger partial charge >= 0.3 is 0 Å². The summed E-state index contributed by atoms with van der Waals surface area (Å²) in [4.78, 5) is 11.0. The van der Waals surface area contributed by atoms with Crippen LogP contribution in [0.3, 0.4) is 0 Å². The zero-order valence-electron chi connectivity index (χ0n) is 13.6. The molecule has 1 heterocycles. The molecule has 1 aliphatic heterocycles. The fourth-order valence-electron chi connectivity index (χ4n) is 2.85. The number of rotatable bonds is 5. The molecule has 2 aromatic carbocycles. The van der Waals surface area contributed by atoms with Crippen molar-refractivity contribution in [2.75, 3.05) is 11.3 Å². The lowest BCUT2D eigenvalue weighted by Crippen LogP contribution is -2.26. The number of anilines is 1. The zero-order chi connectivity index (χ0) is 17.7. The Labute approximate surface area is 141 Å². The van der Waals surface area contributed by atoms with E-state index in [-0.39, 0.29) is 10.6 Å². The highest BCUT2D eigenvalue weighted by molar-refractivity contribution is 7.93. The third kappa shape index (κ3) is 2.90. The molecule has 0 fully saturated rings. The highest BCUT2D eigenvalue weighted by Crippen LogP contribution is 2.43. The van der Waals surface area contributed by atoms with Crippen molar-refractivity contribution in [3.8, 4) is 0 Å². The van der Waals surface area contributed by atoms with Crippen molar-refractivity contribution >= 4 is 40.5 Å². The number of sulfonamides is 1. The lowest BCUT2D eigenvalue weighted by atomic mass is 9.99. The van der Waals surface area contributed by atoms with E-state index in [4.69, 9.17) is 4.43 Å². The maximum Gasteiger partial charge on any atom is 0.277 e. The summed E-state index contributed by atoms with van der Waals surface area (Å²) < 4.78 is 32.6. The Hall–Kier alpha value is -1.97. The first-order chi connectivity index (χ1) is 11.1. The van der Waals surface area contributed by atoms with Gasteiger partial charge in [0.1, 0.15) is 0 Å². The van der Waals surface area contributed by atoms with Crippen LogP contribution >= 0.6 is 0 Å². The van der Waals surface area contributed by atoms with Crippen LogP contribution in [0, 0.1) is 10.1 Å². The van der Waals surface area contributed by atoms with E-state index in [2.05, 4.69) is 24.4 Å². The van der Waals surface area contributed by atoms with Crippen molar-refractivity contribution in [1.29, 1.82) is 0 Å². The molecule has 0 atom stereocenters. The molecule has 0 saturated carbocycles. The Morgan fingerprint density at radius 1 is 1.17 bits per heavy atom. The highest BCUT2D eigenvalue weighted by Gasteiger charge is 2.31. The Balaban J connectivity index is 2.16. The molecule has 9 heteroatoms. The molecule has 0 aliphatic carbocycles.